The van der Waals surface area contributed by atoms with Gasteiger partial charge in [-0.15, -0.1) is 0 Å². The average molecular weight is 396 g/mol. The van der Waals surface area contributed by atoms with Gasteiger partial charge in [0.15, 0.2) is 0 Å². The fourth-order valence-corrected chi connectivity index (χ4v) is 4.68. The van der Waals surface area contributed by atoms with Crippen molar-refractivity contribution in [2.24, 2.45) is 0 Å². The zero-order valence-electron chi connectivity index (χ0n) is 15.6. The van der Waals surface area contributed by atoms with E-state index in [9.17, 15) is 24.0 Å². The lowest BCUT2D eigenvalue weighted by Crippen LogP contribution is -2.46. The lowest BCUT2D eigenvalue weighted by molar-refractivity contribution is -0.148. The van der Waals surface area contributed by atoms with E-state index in [-0.39, 0.29) is 0 Å². The Morgan fingerprint density at radius 2 is 0.680 bits per heavy atom. The molecule has 0 N–H and O–H groups in total. The van der Waals surface area contributed by atoms with Crippen LogP contribution >= 0.6 is 0 Å². The van der Waals surface area contributed by atoms with Crippen molar-refractivity contribution in [1.82, 2.24) is 0 Å². The topological polar surface area (TPSA) is 132 Å². The number of carbonyl (C=O) groups excluding carboxylic acids is 5. The Labute approximate surface area is 148 Å². The van der Waals surface area contributed by atoms with Crippen LogP contribution < -0.4 is 0 Å². The molecule has 0 aliphatic carbocycles. The minimum absolute atomic E-state index is 0.414. The molecular weight excluding hydrogens is 372 g/mol. The fraction of sp³-hybridized carbons (Fsp3) is 0.615. The molecule has 0 unspecified atom stereocenters. The maximum atomic E-state index is 10.7. The first-order valence-electron chi connectivity index (χ1n) is 7.06. The maximum absolute atomic E-state index is 10.7. The number of hydrogen-bond acceptors (Lipinski definition) is 10. The van der Waals surface area contributed by atoms with E-state index in [1.165, 1.54) is 20.4 Å². The zero-order chi connectivity index (χ0) is 20.4. The Bertz CT molecular complexity index is 470. The summed E-state index contributed by atoms with van der Waals surface area (Å²) < 4.78 is 23.6. The van der Waals surface area contributed by atoms with E-state index in [4.69, 9.17) is 8.85 Å². The van der Waals surface area contributed by atoms with Crippen LogP contribution in [0.3, 0.4) is 0 Å². The second-order valence-corrected chi connectivity index (χ2v) is 10.8. The summed E-state index contributed by atoms with van der Waals surface area (Å²) in [5.74, 6) is -2.82. The van der Waals surface area contributed by atoms with Crippen LogP contribution in [-0.2, 0) is 46.1 Å². The number of carbonyl (C=O) groups is 5. The van der Waals surface area contributed by atoms with Crippen molar-refractivity contribution in [1.29, 1.82) is 0 Å². The van der Waals surface area contributed by atoms with Gasteiger partial charge in [0.1, 0.15) is 0 Å². The summed E-state index contributed by atoms with van der Waals surface area (Å²) in [5, 5.41) is 0. The van der Waals surface area contributed by atoms with Gasteiger partial charge in [-0.1, -0.05) is 0 Å². The molecular formula is C13H24O10Si2. The Kier molecular flexibility index (Phi) is 10.6. The van der Waals surface area contributed by atoms with Crippen LogP contribution in [0, 0.1) is 0 Å². The predicted octanol–water partition coefficient (Wildman–Crippen LogP) is 1.06. The van der Waals surface area contributed by atoms with Crippen molar-refractivity contribution in [3.63, 3.8) is 0 Å². The molecule has 144 valence electrons. The maximum Gasteiger partial charge on any atom is 0.701 e. The highest BCUT2D eigenvalue weighted by atomic mass is 28.4. The molecule has 0 amide bonds. The predicted molar refractivity (Wildman–Crippen MR) is 87.9 cm³/mol. The Balaban J connectivity index is 0. The minimum atomic E-state index is -3.49. The molecule has 0 aromatic rings. The quantitative estimate of drug-likeness (QED) is 0.621. The summed E-state index contributed by atoms with van der Waals surface area (Å²) >= 11 is 0. The summed E-state index contributed by atoms with van der Waals surface area (Å²) in [4.78, 5) is 52.9. The zero-order valence-corrected chi connectivity index (χ0v) is 17.6. The van der Waals surface area contributed by atoms with Crippen LogP contribution in [0.5, 0.6) is 0 Å². The summed E-state index contributed by atoms with van der Waals surface area (Å²) in [5.41, 5.74) is 0. The second-order valence-electron chi connectivity index (χ2n) is 5.23. The monoisotopic (exact) mass is 396 g/mol. The van der Waals surface area contributed by atoms with E-state index in [1.807, 2.05) is 0 Å². The number of rotatable bonds is 5. The van der Waals surface area contributed by atoms with E-state index >= 15 is 0 Å². The fourth-order valence-electron chi connectivity index (χ4n) is 1.56. The average Bonchev–Trinajstić information content (AvgIpc) is 2.19. The molecule has 0 bridgehead atoms. The van der Waals surface area contributed by atoms with Crippen LogP contribution in [0.2, 0.25) is 19.6 Å². The van der Waals surface area contributed by atoms with Gasteiger partial charge < -0.3 is 22.1 Å². The smallest absolute Gasteiger partial charge is 0.485 e. The third kappa shape index (κ3) is 16.4. The molecule has 0 radical (unpaired) electrons. The van der Waals surface area contributed by atoms with Gasteiger partial charge in [0.2, 0.25) is 0 Å². The summed E-state index contributed by atoms with van der Waals surface area (Å²) in [6.45, 7) is 10.5. The van der Waals surface area contributed by atoms with Gasteiger partial charge in [-0.2, -0.15) is 0 Å². The van der Waals surface area contributed by atoms with Gasteiger partial charge in [0, 0.05) is 54.3 Å². The van der Waals surface area contributed by atoms with Crippen molar-refractivity contribution in [3.8, 4) is 0 Å². The van der Waals surface area contributed by atoms with Crippen LogP contribution in [0.1, 0.15) is 34.6 Å². The Morgan fingerprint density at radius 1 is 0.480 bits per heavy atom. The third-order valence-corrected chi connectivity index (χ3v) is 5.30. The molecule has 0 aliphatic rings. The second kappa shape index (κ2) is 10.6. The first-order valence-corrected chi connectivity index (χ1v) is 12.1. The van der Waals surface area contributed by atoms with Gasteiger partial charge in [-0.05, 0) is 0 Å². The first-order chi connectivity index (χ1) is 11.1. The Morgan fingerprint density at radius 3 is 0.840 bits per heavy atom. The molecule has 0 aromatic carbocycles. The van der Waals surface area contributed by atoms with Crippen molar-refractivity contribution in [2.75, 3.05) is 0 Å². The molecule has 10 nitrogen and oxygen atoms in total. The molecule has 0 spiro atoms. The van der Waals surface area contributed by atoms with Gasteiger partial charge in [-0.3, -0.25) is 24.0 Å². The van der Waals surface area contributed by atoms with Gasteiger partial charge in [0.05, 0.1) is 0 Å². The molecule has 0 heterocycles. The van der Waals surface area contributed by atoms with E-state index in [2.05, 4.69) is 13.3 Å². The summed E-state index contributed by atoms with van der Waals surface area (Å²) in [7, 11) is -6.02. The normalized spacial score (nSPS) is 10.4. The highest BCUT2D eigenvalue weighted by molar-refractivity contribution is 6.67. The molecule has 0 saturated heterocycles. The lowest BCUT2D eigenvalue weighted by atomic mass is 10.9. The molecule has 0 aromatic heterocycles. The standard InChI is InChI=1S/C7H12O6Si.C6H12O4Si/c1-5(8)11-14(4,12-6(2)9)13-7(3)10;1-5(7)9-11(3,4)10-6(2)8/h1-4H3;1-4H3. The van der Waals surface area contributed by atoms with E-state index in [0.29, 0.717) is 0 Å². The van der Waals surface area contributed by atoms with Crippen molar-refractivity contribution in [2.45, 2.75) is 54.3 Å². The van der Waals surface area contributed by atoms with Crippen LogP contribution in [0.15, 0.2) is 0 Å². The van der Waals surface area contributed by atoms with E-state index in [0.717, 1.165) is 20.8 Å². The molecule has 0 aliphatic heterocycles. The van der Waals surface area contributed by atoms with Crippen molar-refractivity contribution in [3.05, 3.63) is 0 Å². The highest BCUT2D eigenvalue weighted by Crippen LogP contribution is 2.10. The Hall–Kier alpha value is -2.22. The van der Waals surface area contributed by atoms with E-state index < -0.39 is 47.2 Å². The van der Waals surface area contributed by atoms with Crippen molar-refractivity contribution >= 4 is 47.2 Å². The summed E-state index contributed by atoms with van der Waals surface area (Å²) in [6.07, 6.45) is 0. The van der Waals surface area contributed by atoms with Crippen LogP contribution in [0.4, 0.5) is 0 Å². The molecule has 0 atom stereocenters. The van der Waals surface area contributed by atoms with Gasteiger partial charge in [-0.25, -0.2) is 0 Å². The van der Waals surface area contributed by atoms with E-state index in [1.54, 1.807) is 13.1 Å². The van der Waals surface area contributed by atoms with Crippen LogP contribution in [0.25, 0.3) is 0 Å². The van der Waals surface area contributed by atoms with Gasteiger partial charge >= 0.3 is 17.4 Å². The van der Waals surface area contributed by atoms with Crippen LogP contribution in [-0.4, -0.2) is 47.2 Å². The molecule has 0 fully saturated rings. The SMILES string of the molecule is CC(=O)O[Si](C)(C)OC(C)=O.CC(=O)O[Si](C)(OC(C)=O)OC(C)=O. The first kappa shape index (κ1) is 25.0. The molecule has 0 rings (SSSR count). The highest BCUT2D eigenvalue weighted by Gasteiger charge is 2.45. The third-order valence-electron chi connectivity index (χ3n) is 1.77. The molecule has 12 heteroatoms. The largest absolute Gasteiger partial charge is 0.701 e. The minimum Gasteiger partial charge on any atom is -0.485 e. The number of hydrogen-bond donors (Lipinski definition) is 0. The lowest BCUT2D eigenvalue weighted by Gasteiger charge is -2.22. The molecule has 25 heavy (non-hydrogen) atoms. The van der Waals surface area contributed by atoms with Crippen molar-refractivity contribution < 1.29 is 46.1 Å². The molecule has 0 saturated carbocycles. The van der Waals surface area contributed by atoms with Gasteiger partial charge in [0.25, 0.3) is 29.8 Å². The summed E-state index contributed by atoms with van der Waals surface area (Å²) in [6, 6.07) is 0.